The first-order chi connectivity index (χ1) is 7.58. The zero-order valence-corrected chi connectivity index (χ0v) is 10.3. The lowest BCUT2D eigenvalue weighted by Crippen LogP contribution is -2.14. The summed E-state index contributed by atoms with van der Waals surface area (Å²) in [5, 5.41) is 0. The van der Waals surface area contributed by atoms with Crippen LogP contribution in [-0.2, 0) is 6.42 Å². The molecule has 0 bridgehead atoms. The molecule has 0 saturated heterocycles. The van der Waals surface area contributed by atoms with E-state index in [9.17, 15) is 4.39 Å². The summed E-state index contributed by atoms with van der Waals surface area (Å²) in [4.78, 5) is 10.1. The minimum atomic E-state index is -0.386. The molecule has 1 aromatic rings. The van der Waals surface area contributed by atoms with Gasteiger partial charge in [0.1, 0.15) is 0 Å². The van der Waals surface area contributed by atoms with Crippen LogP contribution in [0.4, 0.5) is 10.1 Å². The van der Waals surface area contributed by atoms with Gasteiger partial charge in [0.25, 0.3) is 0 Å². The van der Waals surface area contributed by atoms with E-state index in [4.69, 9.17) is 0 Å². The molecule has 0 saturated carbocycles. The third kappa shape index (κ3) is 3.02. The Morgan fingerprint density at radius 2 is 2.19 bits per heavy atom. The van der Waals surface area contributed by atoms with Crippen LogP contribution in [0.1, 0.15) is 25.1 Å². The molecule has 0 N–H and O–H groups in total. The number of hydrogen-bond donors (Lipinski definition) is 0. The SMILES string of the molecule is CCc1cc(/N=C/N(C)CC)c(C)nc1F. The standard InChI is InChI=1S/C12H18FN3/c1-5-10-7-11(9(3)15-12(10)13)14-8-16(4)6-2/h7-8H,5-6H2,1-4H3/b14-8+. The third-order valence-electron chi connectivity index (χ3n) is 2.49. The van der Waals surface area contributed by atoms with Gasteiger partial charge >= 0.3 is 0 Å². The maximum atomic E-state index is 13.3. The number of aromatic nitrogens is 1. The molecule has 0 fully saturated rings. The van der Waals surface area contributed by atoms with Crippen LogP contribution in [-0.4, -0.2) is 29.8 Å². The lowest BCUT2D eigenvalue weighted by Gasteiger charge is -2.09. The first-order valence-corrected chi connectivity index (χ1v) is 5.48. The van der Waals surface area contributed by atoms with Crippen LogP contribution in [0, 0.1) is 12.9 Å². The Hall–Kier alpha value is -1.45. The molecule has 1 aromatic heterocycles. The molecule has 0 unspecified atom stereocenters. The Labute approximate surface area is 96.0 Å². The lowest BCUT2D eigenvalue weighted by atomic mass is 10.2. The van der Waals surface area contributed by atoms with Crippen molar-refractivity contribution in [3.05, 3.63) is 23.3 Å². The molecule has 16 heavy (non-hydrogen) atoms. The van der Waals surface area contributed by atoms with Gasteiger partial charge in [0.15, 0.2) is 0 Å². The van der Waals surface area contributed by atoms with Crippen molar-refractivity contribution in [1.29, 1.82) is 0 Å². The van der Waals surface area contributed by atoms with Gasteiger partial charge < -0.3 is 4.90 Å². The van der Waals surface area contributed by atoms with Gasteiger partial charge in [-0.1, -0.05) is 6.92 Å². The number of rotatable bonds is 4. The van der Waals surface area contributed by atoms with Gasteiger partial charge in [-0.3, -0.25) is 0 Å². The average molecular weight is 223 g/mol. The van der Waals surface area contributed by atoms with E-state index in [1.165, 1.54) is 0 Å². The first-order valence-electron chi connectivity index (χ1n) is 5.48. The molecule has 0 aliphatic carbocycles. The highest BCUT2D eigenvalue weighted by Gasteiger charge is 2.06. The average Bonchev–Trinajstić information content (AvgIpc) is 2.27. The highest BCUT2D eigenvalue weighted by atomic mass is 19.1. The summed E-state index contributed by atoms with van der Waals surface area (Å²) in [5.41, 5.74) is 1.96. The summed E-state index contributed by atoms with van der Waals surface area (Å²) < 4.78 is 13.3. The van der Waals surface area contributed by atoms with Crippen molar-refractivity contribution in [3.63, 3.8) is 0 Å². The molecule has 0 aliphatic rings. The van der Waals surface area contributed by atoms with Crippen molar-refractivity contribution in [3.8, 4) is 0 Å². The van der Waals surface area contributed by atoms with Crippen molar-refractivity contribution < 1.29 is 4.39 Å². The molecule has 0 amide bonds. The maximum absolute atomic E-state index is 13.3. The zero-order valence-electron chi connectivity index (χ0n) is 10.3. The van der Waals surface area contributed by atoms with Crippen LogP contribution in [0.3, 0.4) is 0 Å². The predicted octanol–water partition coefficient (Wildman–Crippen LogP) is 2.70. The number of aryl methyl sites for hydroxylation is 2. The van der Waals surface area contributed by atoms with E-state index in [1.54, 1.807) is 19.3 Å². The largest absolute Gasteiger partial charge is 0.366 e. The second kappa shape index (κ2) is 5.58. The fourth-order valence-electron chi connectivity index (χ4n) is 1.23. The molecule has 1 heterocycles. The Morgan fingerprint density at radius 1 is 1.50 bits per heavy atom. The van der Waals surface area contributed by atoms with Crippen molar-refractivity contribution in [1.82, 2.24) is 9.88 Å². The van der Waals surface area contributed by atoms with Crippen molar-refractivity contribution in [2.45, 2.75) is 27.2 Å². The first kappa shape index (κ1) is 12.6. The molecule has 3 nitrogen and oxygen atoms in total. The normalized spacial score (nSPS) is 11.1. The highest BCUT2D eigenvalue weighted by molar-refractivity contribution is 5.62. The molecule has 88 valence electrons. The number of aliphatic imine (C=N–C) groups is 1. The van der Waals surface area contributed by atoms with E-state index in [1.807, 2.05) is 25.8 Å². The minimum Gasteiger partial charge on any atom is -0.366 e. The van der Waals surface area contributed by atoms with E-state index in [-0.39, 0.29) is 5.95 Å². The summed E-state index contributed by atoms with van der Waals surface area (Å²) in [7, 11) is 1.94. The summed E-state index contributed by atoms with van der Waals surface area (Å²) in [6.07, 6.45) is 2.37. The molecule has 0 aliphatic heterocycles. The second-order valence-corrected chi connectivity index (χ2v) is 3.71. The summed E-state index contributed by atoms with van der Waals surface area (Å²) >= 11 is 0. The second-order valence-electron chi connectivity index (χ2n) is 3.71. The number of nitrogens with zero attached hydrogens (tertiary/aromatic N) is 3. The van der Waals surface area contributed by atoms with Crippen LogP contribution >= 0.6 is 0 Å². The molecular formula is C12H18FN3. The van der Waals surface area contributed by atoms with E-state index in [2.05, 4.69) is 9.98 Å². The Bertz CT molecular complexity index is 388. The Morgan fingerprint density at radius 3 is 2.75 bits per heavy atom. The molecule has 0 spiro atoms. The number of halogens is 1. The van der Waals surface area contributed by atoms with Gasteiger partial charge in [-0.15, -0.1) is 0 Å². The molecule has 0 aromatic carbocycles. The summed E-state index contributed by atoms with van der Waals surface area (Å²) in [6.45, 7) is 6.60. The highest BCUT2D eigenvalue weighted by Crippen LogP contribution is 2.20. The van der Waals surface area contributed by atoms with Crippen LogP contribution in [0.15, 0.2) is 11.1 Å². The quantitative estimate of drug-likeness (QED) is 0.446. The smallest absolute Gasteiger partial charge is 0.216 e. The minimum absolute atomic E-state index is 0.386. The Balaban J connectivity index is 3.00. The molecule has 0 radical (unpaired) electrons. The van der Waals surface area contributed by atoms with Gasteiger partial charge in [0, 0.05) is 19.2 Å². The van der Waals surface area contributed by atoms with Crippen molar-refractivity contribution in [2.75, 3.05) is 13.6 Å². The summed E-state index contributed by atoms with van der Waals surface area (Å²) in [5.74, 6) is -0.386. The fourth-order valence-corrected chi connectivity index (χ4v) is 1.23. The van der Waals surface area contributed by atoms with Gasteiger partial charge in [0.05, 0.1) is 17.7 Å². The third-order valence-corrected chi connectivity index (χ3v) is 2.49. The van der Waals surface area contributed by atoms with E-state index in [0.29, 0.717) is 17.7 Å². The maximum Gasteiger partial charge on any atom is 0.216 e. The van der Waals surface area contributed by atoms with Gasteiger partial charge in [-0.2, -0.15) is 4.39 Å². The number of pyridine rings is 1. The van der Waals surface area contributed by atoms with E-state index < -0.39 is 0 Å². The topological polar surface area (TPSA) is 28.5 Å². The summed E-state index contributed by atoms with van der Waals surface area (Å²) in [6, 6.07) is 1.76. The lowest BCUT2D eigenvalue weighted by molar-refractivity contribution is 0.551. The number of hydrogen-bond acceptors (Lipinski definition) is 2. The van der Waals surface area contributed by atoms with Crippen molar-refractivity contribution >= 4 is 12.0 Å². The van der Waals surface area contributed by atoms with E-state index >= 15 is 0 Å². The van der Waals surface area contributed by atoms with Crippen molar-refractivity contribution in [2.24, 2.45) is 4.99 Å². The molecular weight excluding hydrogens is 205 g/mol. The predicted molar refractivity (Wildman–Crippen MR) is 64.8 cm³/mol. The monoisotopic (exact) mass is 223 g/mol. The van der Waals surface area contributed by atoms with Crippen LogP contribution in [0.2, 0.25) is 0 Å². The fraction of sp³-hybridized carbons (Fsp3) is 0.500. The Kier molecular flexibility index (Phi) is 4.40. The van der Waals surface area contributed by atoms with E-state index in [0.717, 1.165) is 12.2 Å². The zero-order chi connectivity index (χ0) is 12.1. The van der Waals surface area contributed by atoms with Gasteiger partial charge in [-0.05, 0) is 26.3 Å². The molecule has 1 rings (SSSR count). The van der Waals surface area contributed by atoms with Crippen LogP contribution in [0.25, 0.3) is 0 Å². The van der Waals surface area contributed by atoms with Gasteiger partial charge in [-0.25, -0.2) is 9.98 Å². The molecule has 4 heteroatoms. The van der Waals surface area contributed by atoms with Gasteiger partial charge in [0.2, 0.25) is 5.95 Å². The molecule has 0 atom stereocenters. The van der Waals surface area contributed by atoms with Crippen LogP contribution in [0.5, 0.6) is 0 Å². The van der Waals surface area contributed by atoms with Crippen LogP contribution < -0.4 is 0 Å².